The van der Waals surface area contributed by atoms with E-state index in [2.05, 4.69) is 6.92 Å². The van der Waals surface area contributed by atoms with E-state index in [-0.39, 0.29) is 23.5 Å². The van der Waals surface area contributed by atoms with Crippen LogP contribution in [0, 0.1) is 11.3 Å². The number of carbonyl (C=O) groups excluding carboxylic acids is 4. The van der Waals surface area contributed by atoms with Crippen LogP contribution in [0.25, 0.3) is 0 Å². The number of unbranched alkanes of at least 4 members (excludes halogenated alkanes) is 3. The molecule has 3 rings (SSSR count). The minimum atomic E-state index is -1.67. The Balaban J connectivity index is 1.98. The summed E-state index contributed by atoms with van der Waals surface area (Å²) in [7, 11) is 2.39. The minimum absolute atomic E-state index is 0.160. The average molecular weight is 401 g/mol. The fourth-order valence-corrected chi connectivity index (χ4v) is 4.73. The minimum Gasteiger partial charge on any atom is -0.468 e. The first-order valence-corrected chi connectivity index (χ1v) is 10.1. The van der Waals surface area contributed by atoms with Gasteiger partial charge in [-0.1, -0.05) is 44.7 Å². The van der Waals surface area contributed by atoms with Crippen LogP contribution in [0.5, 0.6) is 0 Å². The molecule has 1 fully saturated rings. The van der Waals surface area contributed by atoms with Crippen LogP contribution in [-0.2, 0) is 19.1 Å². The Morgan fingerprint density at radius 2 is 1.55 bits per heavy atom. The van der Waals surface area contributed by atoms with E-state index >= 15 is 0 Å². The molecule has 7 heteroatoms. The van der Waals surface area contributed by atoms with Crippen molar-refractivity contribution in [3.8, 4) is 0 Å². The van der Waals surface area contributed by atoms with Gasteiger partial charge in [0.25, 0.3) is 11.8 Å². The molecule has 1 aliphatic carbocycles. The number of fused-ring (bicyclic) bond motifs is 1. The van der Waals surface area contributed by atoms with Gasteiger partial charge < -0.3 is 9.47 Å². The second-order valence-electron chi connectivity index (χ2n) is 7.74. The molecule has 2 atom stereocenters. The van der Waals surface area contributed by atoms with Gasteiger partial charge in [-0.3, -0.25) is 24.1 Å². The molecule has 0 bridgehead atoms. The molecule has 0 saturated heterocycles. The zero-order valence-corrected chi connectivity index (χ0v) is 17.1. The maximum absolute atomic E-state index is 13.1. The second-order valence-corrected chi connectivity index (χ2v) is 7.74. The number of carbonyl (C=O) groups is 4. The lowest BCUT2D eigenvalue weighted by molar-refractivity contribution is -0.189. The summed E-state index contributed by atoms with van der Waals surface area (Å²) in [4.78, 5) is 52.7. The molecule has 156 valence electrons. The van der Waals surface area contributed by atoms with Crippen LogP contribution in [0.2, 0.25) is 0 Å². The Morgan fingerprint density at radius 3 is 2.03 bits per heavy atom. The molecule has 2 unspecified atom stereocenters. The predicted molar refractivity (Wildman–Crippen MR) is 104 cm³/mol. The van der Waals surface area contributed by atoms with Gasteiger partial charge in [-0.2, -0.15) is 0 Å². The van der Waals surface area contributed by atoms with Crippen molar-refractivity contribution < 1.29 is 28.7 Å². The van der Waals surface area contributed by atoms with Crippen molar-refractivity contribution in [3.05, 3.63) is 35.4 Å². The van der Waals surface area contributed by atoms with Crippen molar-refractivity contribution in [1.29, 1.82) is 0 Å². The molecule has 1 saturated carbocycles. The van der Waals surface area contributed by atoms with Gasteiger partial charge in [-0.25, -0.2) is 0 Å². The average Bonchev–Trinajstić information content (AvgIpc) is 2.97. The van der Waals surface area contributed by atoms with E-state index < -0.39 is 35.2 Å². The molecule has 0 radical (unpaired) electrons. The van der Waals surface area contributed by atoms with Crippen LogP contribution in [0.15, 0.2) is 24.3 Å². The van der Waals surface area contributed by atoms with Gasteiger partial charge in [0.2, 0.25) is 0 Å². The van der Waals surface area contributed by atoms with Gasteiger partial charge in [0.15, 0.2) is 5.41 Å². The number of rotatable bonds is 8. The first-order chi connectivity index (χ1) is 13.9. The quantitative estimate of drug-likeness (QED) is 0.288. The highest BCUT2D eigenvalue weighted by atomic mass is 16.5. The summed E-state index contributed by atoms with van der Waals surface area (Å²) in [6.07, 6.45) is 5.01. The Bertz CT molecular complexity index is 781. The zero-order valence-electron chi connectivity index (χ0n) is 17.1. The Kier molecular flexibility index (Phi) is 6.05. The Labute approximate surface area is 170 Å². The molecule has 1 heterocycles. The van der Waals surface area contributed by atoms with Crippen LogP contribution in [0.1, 0.15) is 66.2 Å². The summed E-state index contributed by atoms with van der Waals surface area (Å²) in [5.41, 5.74) is -1.10. The lowest BCUT2D eigenvalue weighted by atomic mass is 9.55. The zero-order chi connectivity index (χ0) is 21.2. The molecule has 1 aromatic rings. The standard InChI is InChI=1S/C22H27NO6/c1-4-5-6-7-10-14-13-22(20(26)28-2,21(27)29-3)17(14)23-18(24)15-11-8-9-12-16(15)19(23)25/h8-9,11-12,14,17H,4-7,10,13H2,1-3H3. The SMILES string of the molecule is CCCCCCC1CC(C(=O)OC)(C(=O)OC)C1N1C(=O)c2ccccc2C1=O. The van der Waals surface area contributed by atoms with Gasteiger partial charge in [0.1, 0.15) is 0 Å². The molecule has 2 aliphatic rings. The van der Waals surface area contributed by atoms with E-state index in [1.54, 1.807) is 24.3 Å². The van der Waals surface area contributed by atoms with Crippen molar-refractivity contribution in [2.45, 2.75) is 51.5 Å². The number of nitrogens with zero attached hydrogens (tertiary/aromatic N) is 1. The first-order valence-electron chi connectivity index (χ1n) is 10.1. The molecule has 1 aromatic carbocycles. The molecule has 29 heavy (non-hydrogen) atoms. The first kappa shape index (κ1) is 21.0. The lowest BCUT2D eigenvalue weighted by Gasteiger charge is -2.53. The summed E-state index contributed by atoms with van der Waals surface area (Å²) in [6.45, 7) is 2.12. The maximum Gasteiger partial charge on any atom is 0.325 e. The second kappa shape index (κ2) is 8.35. The van der Waals surface area contributed by atoms with E-state index in [1.807, 2.05) is 0 Å². The van der Waals surface area contributed by atoms with Gasteiger partial charge in [-0.05, 0) is 30.9 Å². The number of ether oxygens (including phenoxy) is 2. The molecule has 0 aromatic heterocycles. The Hall–Kier alpha value is -2.70. The summed E-state index contributed by atoms with van der Waals surface area (Å²) in [5.74, 6) is -2.66. The summed E-state index contributed by atoms with van der Waals surface area (Å²) in [6, 6.07) is 5.64. The van der Waals surface area contributed by atoms with Crippen LogP contribution in [0.3, 0.4) is 0 Å². The van der Waals surface area contributed by atoms with Gasteiger partial charge in [0.05, 0.1) is 31.4 Å². The van der Waals surface area contributed by atoms with Crippen molar-refractivity contribution in [3.63, 3.8) is 0 Å². The third-order valence-corrected chi connectivity index (χ3v) is 6.17. The van der Waals surface area contributed by atoms with E-state index in [4.69, 9.17) is 9.47 Å². The monoisotopic (exact) mass is 401 g/mol. The number of benzene rings is 1. The van der Waals surface area contributed by atoms with Crippen LogP contribution >= 0.6 is 0 Å². The molecule has 1 aliphatic heterocycles. The van der Waals surface area contributed by atoms with Crippen LogP contribution < -0.4 is 0 Å². The fraction of sp³-hybridized carbons (Fsp3) is 0.545. The van der Waals surface area contributed by atoms with Crippen molar-refractivity contribution in [1.82, 2.24) is 4.90 Å². The fourth-order valence-electron chi connectivity index (χ4n) is 4.73. The van der Waals surface area contributed by atoms with Gasteiger partial charge >= 0.3 is 11.9 Å². The lowest BCUT2D eigenvalue weighted by Crippen LogP contribution is -2.69. The molecule has 2 amide bonds. The number of hydrogen-bond donors (Lipinski definition) is 0. The number of hydrogen-bond acceptors (Lipinski definition) is 6. The number of esters is 2. The normalized spacial score (nSPS) is 22.1. The van der Waals surface area contributed by atoms with E-state index in [9.17, 15) is 19.2 Å². The highest BCUT2D eigenvalue weighted by Crippen LogP contribution is 2.54. The third kappa shape index (κ3) is 3.22. The van der Waals surface area contributed by atoms with Crippen molar-refractivity contribution in [2.75, 3.05) is 14.2 Å². The molecule has 0 spiro atoms. The Morgan fingerprint density at radius 1 is 1.00 bits per heavy atom. The molecular formula is C22H27NO6. The van der Waals surface area contributed by atoms with Gasteiger partial charge in [0, 0.05) is 0 Å². The summed E-state index contributed by atoms with van der Waals surface area (Å²) < 4.78 is 9.84. The van der Waals surface area contributed by atoms with Crippen molar-refractivity contribution in [2.24, 2.45) is 11.3 Å². The summed E-state index contributed by atoms with van der Waals surface area (Å²) >= 11 is 0. The third-order valence-electron chi connectivity index (χ3n) is 6.17. The number of imide groups is 1. The topological polar surface area (TPSA) is 90.0 Å². The van der Waals surface area contributed by atoms with E-state index in [0.29, 0.717) is 6.42 Å². The highest BCUT2D eigenvalue weighted by Gasteiger charge is 2.69. The summed E-state index contributed by atoms with van der Waals surface area (Å²) in [5, 5.41) is 0. The number of amides is 2. The molecule has 0 N–H and O–H groups in total. The van der Waals surface area contributed by atoms with Gasteiger partial charge in [-0.15, -0.1) is 0 Å². The van der Waals surface area contributed by atoms with Crippen molar-refractivity contribution >= 4 is 23.8 Å². The molecular weight excluding hydrogens is 374 g/mol. The smallest absolute Gasteiger partial charge is 0.325 e. The largest absolute Gasteiger partial charge is 0.468 e. The van der Waals surface area contributed by atoms with Crippen LogP contribution in [-0.4, -0.2) is 48.9 Å². The van der Waals surface area contributed by atoms with E-state index in [0.717, 1.165) is 30.6 Å². The predicted octanol–water partition coefficient (Wildman–Crippen LogP) is 2.97. The molecule has 7 nitrogen and oxygen atoms in total. The van der Waals surface area contributed by atoms with Crippen LogP contribution in [0.4, 0.5) is 0 Å². The highest BCUT2D eigenvalue weighted by molar-refractivity contribution is 6.22. The number of methoxy groups -OCH3 is 2. The van der Waals surface area contributed by atoms with E-state index in [1.165, 1.54) is 14.2 Å². The maximum atomic E-state index is 13.1.